The van der Waals surface area contributed by atoms with Crippen molar-refractivity contribution in [3.63, 3.8) is 0 Å². The van der Waals surface area contributed by atoms with E-state index in [9.17, 15) is 4.79 Å². The molecule has 1 fully saturated rings. The minimum absolute atomic E-state index is 0.0159. The zero-order valence-corrected chi connectivity index (χ0v) is 14.6. The van der Waals surface area contributed by atoms with E-state index in [-0.39, 0.29) is 6.10 Å². The second-order valence-electron chi connectivity index (χ2n) is 6.79. The van der Waals surface area contributed by atoms with Gasteiger partial charge in [0.1, 0.15) is 11.9 Å². The molecule has 0 aromatic heterocycles. The van der Waals surface area contributed by atoms with Crippen LogP contribution in [0.15, 0.2) is 24.3 Å². The molecular weight excluding hydrogens is 292 g/mol. The van der Waals surface area contributed by atoms with Gasteiger partial charge in [-0.1, -0.05) is 33.3 Å². The van der Waals surface area contributed by atoms with E-state index in [2.05, 4.69) is 20.8 Å². The van der Waals surface area contributed by atoms with Crippen molar-refractivity contribution in [2.24, 2.45) is 17.8 Å². The number of carbonyl (C=O) groups is 1. The zero-order valence-electron chi connectivity index (χ0n) is 14.6. The van der Waals surface area contributed by atoms with E-state index in [4.69, 9.17) is 14.5 Å². The Kier molecular flexibility index (Phi) is 6.46. The van der Waals surface area contributed by atoms with Gasteiger partial charge in [0, 0.05) is 0 Å². The lowest BCUT2D eigenvalue weighted by Crippen LogP contribution is -2.34. The maximum Gasteiger partial charge on any atom is 0.373 e. The van der Waals surface area contributed by atoms with Gasteiger partial charge in [0.05, 0.1) is 12.2 Å². The number of hydrogen-bond donors (Lipinski definition) is 0. The number of carbonyl (C=O) groups excluding carboxylic acids is 1. The lowest BCUT2D eigenvalue weighted by atomic mass is 9.75. The summed E-state index contributed by atoms with van der Waals surface area (Å²) in [5, 5.41) is 0. The van der Waals surface area contributed by atoms with Crippen LogP contribution >= 0.6 is 0 Å². The van der Waals surface area contributed by atoms with E-state index in [0.29, 0.717) is 35.7 Å². The highest BCUT2D eigenvalue weighted by molar-refractivity contribution is 5.89. The first-order chi connectivity index (χ1) is 11.0. The van der Waals surface area contributed by atoms with Crippen molar-refractivity contribution in [2.75, 3.05) is 6.61 Å². The molecule has 0 spiro atoms. The van der Waals surface area contributed by atoms with Crippen molar-refractivity contribution in [1.29, 1.82) is 0 Å². The quantitative estimate of drug-likeness (QED) is 0.566. The van der Waals surface area contributed by atoms with Gasteiger partial charge in [-0.2, -0.15) is 4.89 Å². The number of rotatable bonds is 6. The Morgan fingerprint density at radius 3 is 2.78 bits per heavy atom. The fraction of sp³-hybridized carbons (Fsp3) is 0.632. The lowest BCUT2D eigenvalue weighted by Gasteiger charge is -2.35. The van der Waals surface area contributed by atoms with Crippen LogP contribution in [0.3, 0.4) is 0 Å². The maximum absolute atomic E-state index is 12.2. The largest absolute Gasteiger partial charge is 0.494 e. The van der Waals surface area contributed by atoms with Crippen molar-refractivity contribution in [3.8, 4) is 5.75 Å². The molecule has 1 aromatic rings. The van der Waals surface area contributed by atoms with Crippen LogP contribution in [-0.2, 0) is 9.78 Å². The molecule has 0 bridgehead atoms. The van der Waals surface area contributed by atoms with Gasteiger partial charge < -0.3 is 4.74 Å². The Bertz CT molecular complexity index is 512. The lowest BCUT2D eigenvalue weighted by molar-refractivity contribution is -0.296. The summed E-state index contributed by atoms with van der Waals surface area (Å²) in [6.07, 6.45) is 3.26. The molecule has 0 aliphatic heterocycles. The van der Waals surface area contributed by atoms with Gasteiger partial charge >= 0.3 is 5.97 Å². The summed E-state index contributed by atoms with van der Waals surface area (Å²) >= 11 is 0. The third-order valence-corrected chi connectivity index (χ3v) is 4.59. The Morgan fingerprint density at radius 1 is 1.30 bits per heavy atom. The molecule has 1 saturated carbocycles. The SMILES string of the molecule is CCOc1cccc(C(=O)OOC2CC(C)CCC2C(C)C)c1. The predicted octanol–water partition coefficient (Wildman–Crippen LogP) is 4.63. The summed E-state index contributed by atoms with van der Waals surface area (Å²) in [5.41, 5.74) is 0.445. The molecule has 23 heavy (non-hydrogen) atoms. The summed E-state index contributed by atoms with van der Waals surface area (Å²) in [5.74, 6) is 1.76. The first kappa shape index (κ1) is 17.8. The molecule has 4 heteroatoms. The topological polar surface area (TPSA) is 44.8 Å². The smallest absolute Gasteiger partial charge is 0.373 e. The van der Waals surface area contributed by atoms with Gasteiger partial charge in [0.15, 0.2) is 0 Å². The van der Waals surface area contributed by atoms with Gasteiger partial charge in [0.2, 0.25) is 0 Å². The Labute approximate surface area is 139 Å². The van der Waals surface area contributed by atoms with Crippen LogP contribution in [0.5, 0.6) is 5.75 Å². The van der Waals surface area contributed by atoms with Crippen molar-refractivity contribution in [1.82, 2.24) is 0 Å². The predicted molar refractivity (Wildman–Crippen MR) is 89.2 cm³/mol. The van der Waals surface area contributed by atoms with Crippen LogP contribution < -0.4 is 4.74 Å². The molecule has 0 heterocycles. The van der Waals surface area contributed by atoms with Crippen molar-refractivity contribution < 1.29 is 19.3 Å². The molecule has 2 rings (SSSR count). The first-order valence-electron chi connectivity index (χ1n) is 8.61. The second-order valence-corrected chi connectivity index (χ2v) is 6.79. The summed E-state index contributed by atoms with van der Waals surface area (Å²) in [6.45, 7) is 9.09. The summed E-state index contributed by atoms with van der Waals surface area (Å²) in [6, 6.07) is 6.98. The van der Waals surface area contributed by atoms with Crippen LogP contribution in [0, 0.1) is 17.8 Å². The number of ether oxygens (including phenoxy) is 1. The van der Waals surface area contributed by atoms with E-state index in [0.717, 1.165) is 12.8 Å². The average Bonchev–Trinajstić information content (AvgIpc) is 2.53. The highest BCUT2D eigenvalue weighted by atomic mass is 17.2. The molecule has 3 atom stereocenters. The van der Waals surface area contributed by atoms with Crippen molar-refractivity contribution in [3.05, 3.63) is 29.8 Å². The molecule has 0 saturated heterocycles. The average molecular weight is 320 g/mol. The highest BCUT2D eigenvalue weighted by Gasteiger charge is 2.33. The fourth-order valence-electron chi connectivity index (χ4n) is 3.26. The minimum Gasteiger partial charge on any atom is -0.494 e. The van der Waals surface area contributed by atoms with Crippen LogP contribution in [0.1, 0.15) is 57.3 Å². The van der Waals surface area contributed by atoms with E-state index in [1.165, 1.54) is 6.42 Å². The van der Waals surface area contributed by atoms with Gasteiger partial charge in [-0.15, -0.1) is 0 Å². The Hall–Kier alpha value is -1.55. The summed E-state index contributed by atoms with van der Waals surface area (Å²) < 4.78 is 5.41. The molecule has 128 valence electrons. The van der Waals surface area contributed by atoms with Crippen molar-refractivity contribution in [2.45, 2.75) is 53.1 Å². The van der Waals surface area contributed by atoms with Crippen LogP contribution in [0.4, 0.5) is 0 Å². The van der Waals surface area contributed by atoms with Crippen LogP contribution in [-0.4, -0.2) is 18.7 Å². The number of benzene rings is 1. The summed E-state index contributed by atoms with van der Waals surface area (Å²) in [7, 11) is 0. The third-order valence-electron chi connectivity index (χ3n) is 4.59. The van der Waals surface area contributed by atoms with Crippen LogP contribution in [0.25, 0.3) is 0 Å². The molecule has 0 N–H and O–H groups in total. The van der Waals surface area contributed by atoms with E-state index in [1.54, 1.807) is 18.2 Å². The van der Waals surface area contributed by atoms with Gasteiger partial charge in [-0.3, -0.25) is 4.89 Å². The maximum atomic E-state index is 12.2. The Balaban J connectivity index is 1.95. The molecule has 1 aromatic carbocycles. The van der Waals surface area contributed by atoms with E-state index >= 15 is 0 Å². The second kappa shape index (κ2) is 8.34. The molecule has 1 aliphatic carbocycles. The Morgan fingerprint density at radius 2 is 2.09 bits per heavy atom. The fourth-order valence-corrected chi connectivity index (χ4v) is 3.26. The molecule has 0 amide bonds. The number of hydrogen-bond acceptors (Lipinski definition) is 4. The van der Waals surface area contributed by atoms with E-state index in [1.807, 2.05) is 13.0 Å². The molecular formula is C19H28O4. The van der Waals surface area contributed by atoms with Crippen LogP contribution in [0.2, 0.25) is 0 Å². The highest BCUT2D eigenvalue weighted by Crippen LogP contribution is 2.35. The van der Waals surface area contributed by atoms with E-state index < -0.39 is 5.97 Å². The normalized spacial score (nSPS) is 24.5. The molecule has 3 unspecified atom stereocenters. The standard InChI is InChI=1S/C19H28O4/c1-5-21-16-8-6-7-15(12-16)19(20)23-22-18-11-14(4)9-10-17(18)13(2)3/h6-8,12-14,17-18H,5,9-11H2,1-4H3. The molecule has 0 radical (unpaired) electrons. The van der Waals surface area contributed by atoms with Gasteiger partial charge in [-0.05, 0) is 55.7 Å². The third kappa shape index (κ3) is 4.96. The van der Waals surface area contributed by atoms with Gasteiger partial charge in [-0.25, -0.2) is 4.79 Å². The van der Waals surface area contributed by atoms with Crippen molar-refractivity contribution >= 4 is 5.97 Å². The molecule has 1 aliphatic rings. The molecule has 4 nitrogen and oxygen atoms in total. The van der Waals surface area contributed by atoms with Gasteiger partial charge in [0.25, 0.3) is 0 Å². The summed E-state index contributed by atoms with van der Waals surface area (Å²) in [4.78, 5) is 22.9. The zero-order chi connectivity index (χ0) is 16.8. The first-order valence-corrected chi connectivity index (χ1v) is 8.61. The monoisotopic (exact) mass is 320 g/mol. The minimum atomic E-state index is -0.465.